The fourth-order valence-corrected chi connectivity index (χ4v) is 3.49. The molecule has 12 heteroatoms. The first-order valence-electron chi connectivity index (χ1n) is 10.5. The van der Waals surface area contributed by atoms with E-state index in [0.717, 1.165) is 4.90 Å². The van der Waals surface area contributed by atoms with Gasteiger partial charge in [-0.1, -0.05) is 13.8 Å². The van der Waals surface area contributed by atoms with E-state index in [1.165, 1.54) is 12.4 Å². The van der Waals surface area contributed by atoms with Gasteiger partial charge in [0.15, 0.2) is 0 Å². The van der Waals surface area contributed by atoms with Crippen molar-refractivity contribution in [3.63, 3.8) is 0 Å². The zero-order valence-electron chi connectivity index (χ0n) is 18.8. The first-order valence-corrected chi connectivity index (χ1v) is 10.5. The monoisotopic (exact) mass is 478 g/mol. The SMILES string of the molecule is CCN(C(=O)O)c1cnc2[nH]cc(-c3cncc(NC(C(=O)NCC(F)(F)F)C(C)C)c3)c2c1. The summed E-state index contributed by atoms with van der Waals surface area (Å²) in [6.45, 7) is 3.99. The van der Waals surface area contributed by atoms with Crippen molar-refractivity contribution in [3.8, 4) is 11.1 Å². The van der Waals surface area contributed by atoms with E-state index in [2.05, 4.69) is 20.3 Å². The number of pyridine rings is 2. The van der Waals surface area contributed by atoms with Gasteiger partial charge in [0.1, 0.15) is 18.2 Å². The summed E-state index contributed by atoms with van der Waals surface area (Å²) in [6, 6.07) is 2.50. The quantitative estimate of drug-likeness (QED) is 0.384. The second kappa shape index (κ2) is 9.98. The maximum atomic E-state index is 12.5. The molecule has 0 saturated carbocycles. The standard InChI is InChI=1S/C22H25F3N6O3/c1-4-31(21(33)34)15-6-16-17(10-28-19(16)27-9-15)13-5-14(8-26-7-13)30-18(12(2)3)20(32)29-11-22(23,24)25/h5-10,12,18,30H,4,11H2,1-3H3,(H,27,28)(H,29,32)(H,33,34). The zero-order valence-corrected chi connectivity index (χ0v) is 18.8. The number of alkyl halides is 3. The number of halogens is 3. The zero-order chi connectivity index (χ0) is 25.0. The highest BCUT2D eigenvalue weighted by atomic mass is 19.4. The van der Waals surface area contributed by atoms with Crippen LogP contribution in [0.4, 0.5) is 29.3 Å². The minimum atomic E-state index is -4.51. The molecule has 34 heavy (non-hydrogen) atoms. The van der Waals surface area contributed by atoms with Crippen molar-refractivity contribution < 1.29 is 27.9 Å². The Morgan fingerprint density at radius 3 is 2.56 bits per heavy atom. The molecular weight excluding hydrogens is 453 g/mol. The topological polar surface area (TPSA) is 123 Å². The number of aromatic amines is 1. The lowest BCUT2D eigenvalue weighted by Crippen LogP contribution is -2.46. The van der Waals surface area contributed by atoms with Gasteiger partial charge in [0.2, 0.25) is 5.91 Å². The summed E-state index contributed by atoms with van der Waals surface area (Å²) in [4.78, 5) is 36.5. The lowest BCUT2D eigenvalue weighted by atomic mass is 10.0. The van der Waals surface area contributed by atoms with Crippen LogP contribution in [0.25, 0.3) is 22.2 Å². The summed E-state index contributed by atoms with van der Waals surface area (Å²) in [6.07, 6.45) is 0.617. The van der Waals surface area contributed by atoms with Crippen LogP contribution in [0.15, 0.2) is 36.9 Å². The molecule has 0 aliphatic rings. The Bertz CT molecular complexity index is 1180. The van der Waals surface area contributed by atoms with Crippen LogP contribution in [0.2, 0.25) is 0 Å². The fraction of sp³-hybridized carbons (Fsp3) is 0.364. The van der Waals surface area contributed by atoms with E-state index in [0.29, 0.717) is 33.5 Å². The lowest BCUT2D eigenvalue weighted by molar-refractivity contribution is -0.139. The second-order valence-electron chi connectivity index (χ2n) is 7.98. The van der Waals surface area contributed by atoms with Crippen LogP contribution in [-0.2, 0) is 4.79 Å². The average Bonchev–Trinajstić information content (AvgIpc) is 3.19. The molecule has 9 nitrogen and oxygen atoms in total. The molecule has 1 unspecified atom stereocenters. The molecule has 3 rings (SSSR count). The van der Waals surface area contributed by atoms with Crippen molar-refractivity contribution >= 4 is 34.4 Å². The molecule has 0 fully saturated rings. The van der Waals surface area contributed by atoms with Crippen LogP contribution >= 0.6 is 0 Å². The Morgan fingerprint density at radius 2 is 1.94 bits per heavy atom. The number of hydrogen-bond acceptors (Lipinski definition) is 5. The molecule has 0 radical (unpaired) electrons. The highest BCUT2D eigenvalue weighted by molar-refractivity contribution is 5.97. The third-order valence-corrected chi connectivity index (χ3v) is 5.16. The van der Waals surface area contributed by atoms with Gasteiger partial charge in [-0.15, -0.1) is 0 Å². The molecule has 1 atom stereocenters. The molecule has 4 N–H and O–H groups in total. The number of fused-ring (bicyclic) bond motifs is 1. The van der Waals surface area contributed by atoms with Crippen molar-refractivity contribution in [3.05, 3.63) is 36.9 Å². The number of carbonyl (C=O) groups excluding carboxylic acids is 1. The van der Waals surface area contributed by atoms with Crippen molar-refractivity contribution in [2.45, 2.75) is 33.0 Å². The molecule has 0 aliphatic heterocycles. The molecular formula is C22H25F3N6O3. The maximum Gasteiger partial charge on any atom is 0.411 e. The Morgan fingerprint density at radius 1 is 1.21 bits per heavy atom. The van der Waals surface area contributed by atoms with Crippen LogP contribution < -0.4 is 15.5 Å². The predicted octanol–water partition coefficient (Wildman–Crippen LogP) is 4.24. The van der Waals surface area contributed by atoms with Crippen molar-refractivity contribution in [1.82, 2.24) is 20.3 Å². The van der Waals surface area contributed by atoms with E-state index in [9.17, 15) is 27.9 Å². The number of rotatable bonds is 8. The fourth-order valence-electron chi connectivity index (χ4n) is 3.49. The van der Waals surface area contributed by atoms with E-state index < -0.39 is 30.8 Å². The van der Waals surface area contributed by atoms with Crippen molar-refractivity contribution in [2.75, 3.05) is 23.3 Å². The number of aromatic nitrogens is 3. The second-order valence-corrected chi connectivity index (χ2v) is 7.98. The van der Waals surface area contributed by atoms with Gasteiger partial charge in [-0.05, 0) is 25.0 Å². The Balaban J connectivity index is 1.90. The number of amides is 2. The lowest BCUT2D eigenvalue weighted by Gasteiger charge is -2.23. The van der Waals surface area contributed by atoms with E-state index >= 15 is 0 Å². The van der Waals surface area contributed by atoms with Crippen LogP contribution in [0.1, 0.15) is 20.8 Å². The molecule has 0 aliphatic carbocycles. The Labute approximate surface area is 193 Å². The van der Waals surface area contributed by atoms with Gasteiger partial charge in [-0.3, -0.25) is 14.7 Å². The van der Waals surface area contributed by atoms with Crippen LogP contribution in [0.5, 0.6) is 0 Å². The maximum absolute atomic E-state index is 12.5. The third-order valence-electron chi connectivity index (χ3n) is 5.16. The first-order chi connectivity index (χ1) is 16.0. The molecule has 3 aromatic rings. The van der Waals surface area contributed by atoms with Gasteiger partial charge >= 0.3 is 12.3 Å². The van der Waals surface area contributed by atoms with Crippen LogP contribution in [0.3, 0.4) is 0 Å². The molecule has 3 aromatic heterocycles. The van der Waals surface area contributed by atoms with Crippen LogP contribution in [0, 0.1) is 5.92 Å². The Kier molecular flexibility index (Phi) is 7.28. The summed E-state index contributed by atoms with van der Waals surface area (Å²) >= 11 is 0. The largest absolute Gasteiger partial charge is 0.465 e. The summed E-state index contributed by atoms with van der Waals surface area (Å²) in [5, 5.41) is 14.9. The average molecular weight is 478 g/mol. The van der Waals surface area contributed by atoms with Crippen molar-refractivity contribution in [1.29, 1.82) is 0 Å². The van der Waals surface area contributed by atoms with Gasteiger partial charge in [0, 0.05) is 41.6 Å². The first kappa shape index (κ1) is 24.8. The van der Waals surface area contributed by atoms with E-state index in [4.69, 9.17) is 0 Å². The normalized spacial score (nSPS) is 12.6. The van der Waals surface area contributed by atoms with Crippen molar-refractivity contribution in [2.24, 2.45) is 5.92 Å². The molecule has 3 heterocycles. The van der Waals surface area contributed by atoms with Gasteiger partial charge in [-0.25, -0.2) is 9.78 Å². The number of carbonyl (C=O) groups is 2. The summed E-state index contributed by atoms with van der Waals surface area (Å²) in [5.41, 5.74) is 2.74. The third kappa shape index (κ3) is 5.74. The van der Waals surface area contributed by atoms with Gasteiger partial charge < -0.3 is 20.7 Å². The van der Waals surface area contributed by atoms with E-state index in [-0.39, 0.29) is 12.5 Å². The molecule has 0 spiro atoms. The molecule has 182 valence electrons. The minimum Gasteiger partial charge on any atom is -0.465 e. The number of nitrogens with zero attached hydrogens (tertiary/aromatic N) is 3. The van der Waals surface area contributed by atoms with E-state index in [1.807, 2.05) is 5.32 Å². The molecule has 0 aromatic carbocycles. The summed E-state index contributed by atoms with van der Waals surface area (Å²) in [5.74, 6) is -1.07. The Hall–Kier alpha value is -3.83. The number of nitrogens with one attached hydrogen (secondary N) is 3. The number of anilines is 2. The van der Waals surface area contributed by atoms with E-state index in [1.54, 1.807) is 45.3 Å². The molecule has 0 saturated heterocycles. The minimum absolute atomic E-state index is 0.246. The summed E-state index contributed by atoms with van der Waals surface area (Å²) in [7, 11) is 0. The molecule has 2 amide bonds. The molecule has 0 bridgehead atoms. The highest BCUT2D eigenvalue weighted by Crippen LogP contribution is 2.31. The smallest absolute Gasteiger partial charge is 0.411 e. The number of hydrogen-bond donors (Lipinski definition) is 4. The predicted molar refractivity (Wildman–Crippen MR) is 122 cm³/mol. The summed E-state index contributed by atoms with van der Waals surface area (Å²) < 4.78 is 37.5. The van der Waals surface area contributed by atoms with Gasteiger partial charge in [-0.2, -0.15) is 13.2 Å². The number of carboxylic acid groups (broad SMARTS) is 1. The van der Waals surface area contributed by atoms with Gasteiger partial charge in [0.25, 0.3) is 0 Å². The number of H-pyrrole nitrogens is 1. The van der Waals surface area contributed by atoms with Crippen LogP contribution in [-0.4, -0.2) is 57.4 Å². The van der Waals surface area contributed by atoms with Gasteiger partial charge in [0.05, 0.1) is 17.6 Å². The highest BCUT2D eigenvalue weighted by Gasteiger charge is 2.30.